The zero-order valence-corrected chi connectivity index (χ0v) is 18.9. The van der Waals surface area contributed by atoms with Gasteiger partial charge in [-0.25, -0.2) is 14.5 Å². The van der Waals surface area contributed by atoms with Crippen molar-refractivity contribution in [3.05, 3.63) is 84.4 Å². The highest BCUT2D eigenvalue weighted by atomic mass is 35.5. The van der Waals surface area contributed by atoms with Gasteiger partial charge in [-0.2, -0.15) is 5.10 Å². The molecule has 3 aromatic heterocycles. The maximum absolute atomic E-state index is 13.0. The summed E-state index contributed by atoms with van der Waals surface area (Å²) in [7, 11) is 2.90. The van der Waals surface area contributed by atoms with Gasteiger partial charge < -0.3 is 5.32 Å². The van der Waals surface area contributed by atoms with E-state index in [1.165, 1.54) is 35.6 Å². The maximum atomic E-state index is 13.0. The second-order valence-electron chi connectivity index (χ2n) is 7.26. The number of anilines is 1. The number of halogens is 2. The molecule has 0 bridgehead atoms. The topological polar surface area (TPSA) is 104 Å². The van der Waals surface area contributed by atoms with Crippen molar-refractivity contribution in [2.45, 2.75) is 13.5 Å². The summed E-state index contributed by atoms with van der Waals surface area (Å²) < 4.78 is 3.74. The van der Waals surface area contributed by atoms with Crippen LogP contribution in [0.4, 0.5) is 5.69 Å². The molecule has 0 fully saturated rings. The lowest BCUT2D eigenvalue weighted by molar-refractivity contribution is 0.102. The van der Waals surface area contributed by atoms with Crippen molar-refractivity contribution >= 4 is 45.8 Å². The Balaban J connectivity index is 1.67. The van der Waals surface area contributed by atoms with Crippen LogP contribution in [0, 0.1) is 6.92 Å². The molecule has 4 rings (SSSR count). The van der Waals surface area contributed by atoms with Gasteiger partial charge in [0.1, 0.15) is 10.8 Å². The smallest absolute Gasteiger partial charge is 0.320 e. The van der Waals surface area contributed by atoms with E-state index in [-0.39, 0.29) is 27.4 Å². The molecule has 0 unspecified atom stereocenters. The lowest BCUT2D eigenvalue weighted by atomic mass is 10.2. The number of hydrogen-bond donors (Lipinski definition) is 1. The molecule has 0 saturated carbocycles. The van der Waals surface area contributed by atoms with Crippen LogP contribution in [0.2, 0.25) is 10.2 Å². The minimum atomic E-state index is -0.506. The van der Waals surface area contributed by atoms with E-state index in [1.54, 1.807) is 13.0 Å². The lowest BCUT2D eigenvalue weighted by Gasteiger charge is -2.09. The summed E-state index contributed by atoms with van der Waals surface area (Å²) in [5.41, 5.74) is 0.962. The van der Waals surface area contributed by atoms with Gasteiger partial charge >= 0.3 is 5.69 Å². The first-order valence-electron chi connectivity index (χ1n) is 9.52. The lowest BCUT2D eigenvalue weighted by Crippen LogP contribution is -2.37. The fraction of sp³-hybridized carbons (Fsp3) is 0.190. The number of benzene rings is 1. The minimum absolute atomic E-state index is 0.159. The average molecular weight is 473 g/mol. The molecule has 0 radical (unpaired) electrons. The third-order valence-electron chi connectivity index (χ3n) is 5.12. The molecule has 164 valence electrons. The number of carbonyl (C=O) groups excluding carboxylic acids is 1. The van der Waals surface area contributed by atoms with Gasteiger partial charge in [-0.1, -0.05) is 41.4 Å². The summed E-state index contributed by atoms with van der Waals surface area (Å²) in [6.45, 7) is 1.97. The van der Waals surface area contributed by atoms with E-state index in [0.717, 1.165) is 10.1 Å². The molecule has 1 N–H and O–H groups in total. The molecule has 32 heavy (non-hydrogen) atoms. The Kier molecular flexibility index (Phi) is 5.62. The van der Waals surface area contributed by atoms with Crippen molar-refractivity contribution in [1.29, 1.82) is 0 Å². The summed E-state index contributed by atoms with van der Waals surface area (Å²) in [4.78, 5) is 41.7. The molecule has 0 aliphatic heterocycles. The van der Waals surface area contributed by atoms with Crippen LogP contribution >= 0.6 is 23.2 Å². The second-order valence-corrected chi connectivity index (χ2v) is 8.02. The predicted molar refractivity (Wildman–Crippen MR) is 123 cm³/mol. The minimum Gasteiger partial charge on any atom is -0.320 e. The molecule has 1 aromatic carbocycles. The van der Waals surface area contributed by atoms with Crippen LogP contribution in [-0.2, 0) is 20.6 Å². The van der Waals surface area contributed by atoms with Crippen LogP contribution in [0.1, 0.15) is 21.6 Å². The number of pyridine rings is 1. The van der Waals surface area contributed by atoms with E-state index in [4.69, 9.17) is 23.2 Å². The first kappa shape index (κ1) is 21.8. The van der Waals surface area contributed by atoms with Crippen molar-refractivity contribution in [2.75, 3.05) is 5.32 Å². The van der Waals surface area contributed by atoms with E-state index in [2.05, 4.69) is 15.4 Å². The standard InChI is InChI=1S/C21H18Cl2N6O3/c1-11-16(17(23)29(26-11)10-12-6-4-5-7-15(12)22)19(30)25-13-8-14-18(24-9-13)27(2)21(32)28(3)20(14)31/h4-9H,10H2,1-3H3,(H,25,30). The first-order valence-corrected chi connectivity index (χ1v) is 10.3. The third-order valence-corrected chi connectivity index (χ3v) is 5.87. The van der Waals surface area contributed by atoms with Crippen LogP contribution in [0.3, 0.4) is 0 Å². The SMILES string of the molecule is Cc1nn(Cc2ccccc2Cl)c(Cl)c1C(=O)Nc1cnc2c(c1)c(=O)n(C)c(=O)n2C. The average Bonchev–Trinajstić information content (AvgIpc) is 3.05. The van der Waals surface area contributed by atoms with E-state index in [1.807, 2.05) is 18.2 Å². The summed E-state index contributed by atoms with van der Waals surface area (Å²) in [5.74, 6) is -0.499. The summed E-state index contributed by atoms with van der Waals surface area (Å²) >= 11 is 12.7. The van der Waals surface area contributed by atoms with Gasteiger partial charge in [0.05, 0.1) is 35.1 Å². The molecule has 0 atom stereocenters. The number of carbonyl (C=O) groups is 1. The normalized spacial score (nSPS) is 11.2. The second kappa shape index (κ2) is 8.25. The van der Waals surface area contributed by atoms with Crippen molar-refractivity contribution in [3.63, 3.8) is 0 Å². The van der Waals surface area contributed by atoms with Gasteiger partial charge in [-0.15, -0.1) is 0 Å². The van der Waals surface area contributed by atoms with E-state index < -0.39 is 17.2 Å². The van der Waals surface area contributed by atoms with Gasteiger partial charge in [0.2, 0.25) is 0 Å². The van der Waals surface area contributed by atoms with E-state index >= 15 is 0 Å². The number of nitrogens with one attached hydrogen (secondary N) is 1. The van der Waals surface area contributed by atoms with Crippen LogP contribution in [0.15, 0.2) is 46.1 Å². The number of amides is 1. The number of aromatic nitrogens is 5. The fourth-order valence-corrected chi connectivity index (χ4v) is 3.95. The van der Waals surface area contributed by atoms with Crippen LogP contribution in [-0.4, -0.2) is 29.8 Å². The van der Waals surface area contributed by atoms with Crippen molar-refractivity contribution < 1.29 is 4.79 Å². The highest BCUT2D eigenvalue weighted by Gasteiger charge is 2.21. The Bertz CT molecular complexity index is 1500. The number of fused-ring (bicyclic) bond motifs is 1. The molecule has 0 spiro atoms. The maximum Gasteiger partial charge on any atom is 0.332 e. The van der Waals surface area contributed by atoms with Crippen LogP contribution in [0.25, 0.3) is 11.0 Å². The Morgan fingerprint density at radius 1 is 1.12 bits per heavy atom. The molecular formula is C21H18Cl2N6O3. The molecule has 3 heterocycles. The quantitative estimate of drug-likeness (QED) is 0.491. The van der Waals surface area contributed by atoms with Gasteiger partial charge in [0, 0.05) is 19.1 Å². The monoisotopic (exact) mass is 472 g/mol. The number of nitrogens with zero attached hydrogens (tertiary/aromatic N) is 5. The zero-order valence-electron chi connectivity index (χ0n) is 17.4. The first-order chi connectivity index (χ1) is 15.2. The molecule has 1 amide bonds. The molecule has 11 heteroatoms. The summed E-state index contributed by atoms with van der Waals surface area (Å²) in [5, 5.41) is 7.99. The van der Waals surface area contributed by atoms with E-state index in [9.17, 15) is 14.4 Å². The highest BCUT2D eigenvalue weighted by Crippen LogP contribution is 2.24. The third kappa shape index (κ3) is 3.69. The number of hydrogen-bond acceptors (Lipinski definition) is 5. The number of aryl methyl sites for hydroxylation is 2. The summed E-state index contributed by atoms with van der Waals surface area (Å²) in [6.07, 6.45) is 1.37. The molecule has 0 aliphatic rings. The van der Waals surface area contributed by atoms with Gasteiger partial charge in [0.15, 0.2) is 0 Å². The zero-order chi connectivity index (χ0) is 23.2. The van der Waals surface area contributed by atoms with Gasteiger partial charge in [-0.05, 0) is 24.6 Å². The van der Waals surface area contributed by atoms with Crippen molar-refractivity contribution in [1.82, 2.24) is 23.9 Å². The molecule has 0 aliphatic carbocycles. The van der Waals surface area contributed by atoms with Gasteiger partial charge in [0.25, 0.3) is 11.5 Å². The summed E-state index contributed by atoms with van der Waals surface area (Å²) in [6, 6.07) is 8.76. The Morgan fingerprint density at radius 3 is 2.56 bits per heavy atom. The van der Waals surface area contributed by atoms with Crippen LogP contribution in [0.5, 0.6) is 0 Å². The number of rotatable bonds is 4. The van der Waals surface area contributed by atoms with E-state index in [0.29, 0.717) is 17.3 Å². The molecule has 0 saturated heterocycles. The Morgan fingerprint density at radius 2 is 1.84 bits per heavy atom. The molecule has 9 nitrogen and oxygen atoms in total. The molecule has 4 aromatic rings. The fourth-order valence-electron chi connectivity index (χ4n) is 3.43. The Labute approximate surface area is 191 Å². The van der Waals surface area contributed by atoms with Crippen molar-refractivity contribution in [2.24, 2.45) is 14.1 Å². The highest BCUT2D eigenvalue weighted by molar-refractivity contribution is 6.34. The molecular weight excluding hydrogens is 455 g/mol. The predicted octanol–water partition coefficient (Wildman–Crippen LogP) is 2.74. The van der Waals surface area contributed by atoms with Crippen molar-refractivity contribution in [3.8, 4) is 0 Å². The largest absolute Gasteiger partial charge is 0.332 e. The van der Waals surface area contributed by atoms with Crippen LogP contribution < -0.4 is 16.6 Å². The van der Waals surface area contributed by atoms with Gasteiger partial charge in [-0.3, -0.25) is 18.7 Å². The Hall–Kier alpha value is -3.43.